The van der Waals surface area contributed by atoms with Gasteiger partial charge in [0.15, 0.2) is 6.79 Å². The topological polar surface area (TPSA) is 58.9 Å². The van der Waals surface area contributed by atoms with E-state index in [4.69, 9.17) is 31.1 Å². The van der Waals surface area contributed by atoms with Crippen LogP contribution in [-0.4, -0.2) is 31.1 Å². The Balaban J connectivity index is 2.84. The lowest BCUT2D eigenvalue weighted by Gasteiger charge is -2.07. The second-order valence-corrected chi connectivity index (χ2v) is 3.08. The summed E-state index contributed by atoms with van der Waals surface area (Å²) in [6.45, 7) is 0.0846. The molecule has 0 saturated carbocycles. The molecule has 0 aromatic heterocycles. The molecule has 4 nitrogen and oxygen atoms in total. The lowest BCUT2D eigenvalue weighted by molar-refractivity contribution is 0.0512. The molecule has 0 heterocycles. The van der Waals surface area contributed by atoms with Gasteiger partial charge in [0.25, 0.3) is 0 Å². The molecule has 76 valence electrons. The fourth-order valence-electron chi connectivity index (χ4n) is 0.944. The Kier molecular flexibility index (Phi) is 4.22. The number of rotatable bonds is 4. The normalized spacial score (nSPS) is 10.0. The third kappa shape index (κ3) is 3.19. The number of benzene rings is 1. The minimum absolute atomic E-state index is 0.0846. The van der Waals surface area contributed by atoms with Crippen molar-refractivity contribution in [3.8, 4) is 5.75 Å². The van der Waals surface area contributed by atoms with Crippen LogP contribution in [0.4, 0.5) is 0 Å². The molecule has 0 atom stereocenters. The second kappa shape index (κ2) is 5.21. The molecule has 6 heteroatoms. The number of hydrogen-bond acceptors (Lipinski definition) is 4. The minimum atomic E-state index is -1.56. The van der Waals surface area contributed by atoms with Gasteiger partial charge in [0.1, 0.15) is 5.75 Å². The molecule has 14 heavy (non-hydrogen) atoms. The summed E-state index contributed by atoms with van der Waals surface area (Å²) in [6.07, 6.45) is 0. The first-order valence-corrected chi connectivity index (χ1v) is 4.29. The van der Waals surface area contributed by atoms with Crippen LogP contribution in [0.15, 0.2) is 18.2 Å². The fourth-order valence-corrected chi connectivity index (χ4v) is 1.18. The van der Waals surface area contributed by atoms with Gasteiger partial charge in [-0.3, -0.25) is 0 Å². The van der Waals surface area contributed by atoms with Crippen LogP contribution in [0.25, 0.3) is 0 Å². The Morgan fingerprint density at radius 2 is 2.07 bits per heavy atom. The van der Waals surface area contributed by atoms with Gasteiger partial charge in [-0.2, -0.15) is 0 Å². The molecular weight excluding hydrogens is 206 g/mol. The zero-order chi connectivity index (χ0) is 10.6. The summed E-state index contributed by atoms with van der Waals surface area (Å²) < 4.78 is 9.79. The van der Waals surface area contributed by atoms with Crippen LogP contribution in [0.2, 0.25) is 5.02 Å². The molecule has 0 aliphatic carbocycles. The Bertz CT molecular complexity index is 305. The first-order chi connectivity index (χ1) is 6.63. The van der Waals surface area contributed by atoms with Gasteiger partial charge in [-0.05, 0) is 23.7 Å². The van der Waals surface area contributed by atoms with E-state index in [0.29, 0.717) is 10.8 Å². The van der Waals surface area contributed by atoms with Gasteiger partial charge >= 0.3 is 7.12 Å². The molecule has 0 bridgehead atoms. The summed E-state index contributed by atoms with van der Waals surface area (Å²) in [5.41, 5.74) is 0.281. The van der Waals surface area contributed by atoms with Gasteiger partial charge in [-0.1, -0.05) is 11.6 Å². The van der Waals surface area contributed by atoms with Crippen molar-refractivity contribution in [3.63, 3.8) is 0 Å². The lowest BCUT2D eigenvalue weighted by Crippen LogP contribution is -2.29. The summed E-state index contributed by atoms with van der Waals surface area (Å²) in [5.74, 6) is 0.433. The van der Waals surface area contributed by atoms with Gasteiger partial charge in [-0.15, -0.1) is 0 Å². The number of hydrogen-bond donors (Lipinski definition) is 2. The molecular formula is C8H10BClO4. The highest BCUT2D eigenvalue weighted by Crippen LogP contribution is 2.16. The molecule has 0 radical (unpaired) electrons. The van der Waals surface area contributed by atoms with Crippen LogP contribution >= 0.6 is 11.6 Å². The van der Waals surface area contributed by atoms with E-state index in [9.17, 15) is 0 Å². The monoisotopic (exact) mass is 216 g/mol. The first-order valence-electron chi connectivity index (χ1n) is 3.92. The van der Waals surface area contributed by atoms with Crippen LogP contribution in [0.1, 0.15) is 0 Å². The van der Waals surface area contributed by atoms with Crippen molar-refractivity contribution in [2.75, 3.05) is 13.9 Å². The van der Waals surface area contributed by atoms with Gasteiger partial charge in [0.05, 0.1) is 0 Å². The van der Waals surface area contributed by atoms with Crippen LogP contribution in [0, 0.1) is 0 Å². The van der Waals surface area contributed by atoms with E-state index in [-0.39, 0.29) is 12.3 Å². The predicted octanol–water partition coefficient (Wildman–Crippen LogP) is 0.00250. The Hall–Kier alpha value is -0.745. The number of methoxy groups -OCH3 is 1. The number of halogens is 1. The molecule has 2 N–H and O–H groups in total. The fraction of sp³-hybridized carbons (Fsp3) is 0.250. The molecule has 0 aliphatic rings. The van der Waals surface area contributed by atoms with Crippen molar-refractivity contribution in [2.45, 2.75) is 0 Å². The van der Waals surface area contributed by atoms with Crippen LogP contribution in [0.5, 0.6) is 5.75 Å². The zero-order valence-electron chi connectivity index (χ0n) is 7.61. The van der Waals surface area contributed by atoms with Crippen molar-refractivity contribution in [3.05, 3.63) is 23.2 Å². The van der Waals surface area contributed by atoms with E-state index in [2.05, 4.69) is 0 Å². The third-order valence-electron chi connectivity index (χ3n) is 1.54. The van der Waals surface area contributed by atoms with Gasteiger partial charge < -0.3 is 19.5 Å². The van der Waals surface area contributed by atoms with E-state index in [1.54, 1.807) is 6.07 Å². The van der Waals surface area contributed by atoms with Crippen molar-refractivity contribution in [1.29, 1.82) is 0 Å². The smallest absolute Gasteiger partial charge is 0.468 e. The largest absolute Gasteiger partial charge is 0.488 e. The summed E-state index contributed by atoms with van der Waals surface area (Å²) >= 11 is 5.73. The lowest BCUT2D eigenvalue weighted by atomic mass is 9.80. The van der Waals surface area contributed by atoms with Crippen molar-refractivity contribution in [2.24, 2.45) is 0 Å². The highest BCUT2D eigenvalue weighted by atomic mass is 35.5. The molecule has 1 rings (SSSR count). The maximum Gasteiger partial charge on any atom is 0.488 e. The minimum Gasteiger partial charge on any atom is -0.468 e. The average molecular weight is 216 g/mol. The van der Waals surface area contributed by atoms with Crippen LogP contribution in [-0.2, 0) is 4.74 Å². The summed E-state index contributed by atoms with van der Waals surface area (Å²) in [6, 6.07) is 4.49. The van der Waals surface area contributed by atoms with E-state index in [1.165, 1.54) is 19.2 Å². The van der Waals surface area contributed by atoms with Crippen LogP contribution in [0.3, 0.4) is 0 Å². The van der Waals surface area contributed by atoms with E-state index in [0.717, 1.165) is 0 Å². The van der Waals surface area contributed by atoms with E-state index in [1.807, 2.05) is 0 Å². The van der Waals surface area contributed by atoms with E-state index < -0.39 is 7.12 Å². The SMILES string of the molecule is COCOc1cc(Cl)cc(B(O)O)c1. The summed E-state index contributed by atoms with van der Waals surface area (Å²) in [5, 5.41) is 18.2. The third-order valence-corrected chi connectivity index (χ3v) is 1.75. The molecule has 0 amide bonds. The molecule has 0 aliphatic heterocycles. The molecule has 0 saturated heterocycles. The molecule has 0 fully saturated rings. The quantitative estimate of drug-likeness (QED) is 0.550. The van der Waals surface area contributed by atoms with Crippen LogP contribution < -0.4 is 10.2 Å². The highest BCUT2D eigenvalue weighted by molar-refractivity contribution is 6.59. The van der Waals surface area contributed by atoms with Gasteiger partial charge in [0.2, 0.25) is 0 Å². The molecule has 1 aromatic carbocycles. The second-order valence-electron chi connectivity index (χ2n) is 2.64. The van der Waals surface area contributed by atoms with Crippen molar-refractivity contribution < 1.29 is 19.5 Å². The standard InChI is InChI=1S/C8H10BClO4/c1-13-5-14-8-3-6(9(11)12)2-7(10)4-8/h2-4,11-12H,5H2,1H3. The maximum atomic E-state index is 8.91. The maximum absolute atomic E-state index is 8.91. The molecule has 0 spiro atoms. The van der Waals surface area contributed by atoms with Crippen molar-refractivity contribution >= 4 is 24.2 Å². The molecule has 0 unspecified atom stereocenters. The Morgan fingerprint density at radius 1 is 1.36 bits per heavy atom. The zero-order valence-corrected chi connectivity index (χ0v) is 8.36. The van der Waals surface area contributed by atoms with Gasteiger partial charge in [-0.25, -0.2) is 0 Å². The summed E-state index contributed by atoms with van der Waals surface area (Å²) in [4.78, 5) is 0. The highest BCUT2D eigenvalue weighted by Gasteiger charge is 2.12. The first kappa shape index (κ1) is 11.3. The molecule has 1 aromatic rings. The van der Waals surface area contributed by atoms with E-state index >= 15 is 0 Å². The average Bonchev–Trinajstić information content (AvgIpc) is 2.14. The summed E-state index contributed by atoms with van der Waals surface area (Å²) in [7, 11) is -0.0644. The predicted molar refractivity (Wildman–Crippen MR) is 53.8 cm³/mol. The Labute approximate surface area is 87.2 Å². The Morgan fingerprint density at radius 3 is 2.64 bits per heavy atom. The number of ether oxygens (including phenoxy) is 2. The van der Waals surface area contributed by atoms with Crippen molar-refractivity contribution in [1.82, 2.24) is 0 Å². The van der Waals surface area contributed by atoms with Gasteiger partial charge in [0, 0.05) is 12.1 Å².